The number of carbonyl (C=O) groups excluding carboxylic acids is 1. The number of nitrogens with zero attached hydrogens (tertiary/aromatic N) is 1. The molecule has 3 rings (SSSR count). The number of benzene rings is 1. The zero-order valence-corrected chi connectivity index (χ0v) is 12.8. The highest BCUT2D eigenvalue weighted by Gasteiger charge is 2.33. The predicted octanol–water partition coefficient (Wildman–Crippen LogP) is 1.48. The monoisotopic (exact) mass is 304 g/mol. The van der Waals surface area contributed by atoms with E-state index in [4.69, 9.17) is 15.2 Å². The molecule has 3 atom stereocenters. The summed E-state index contributed by atoms with van der Waals surface area (Å²) in [5, 5.41) is 0. The van der Waals surface area contributed by atoms with Gasteiger partial charge < -0.3 is 20.1 Å². The van der Waals surface area contributed by atoms with E-state index in [1.165, 1.54) is 0 Å². The third-order valence-corrected chi connectivity index (χ3v) is 4.45. The molecular formula is C17H24N2O3. The molecule has 0 aromatic heterocycles. The molecule has 0 spiro atoms. The maximum atomic E-state index is 12.5. The van der Waals surface area contributed by atoms with E-state index in [-0.39, 0.29) is 24.2 Å². The maximum Gasteiger partial charge on any atom is 0.224 e. The fourth-order valence-electron chi connectivity index (χ4n) is 3.16. The minimum Gasteiger partial charge on any atom is -0.375 e. The highest BCUT2D eigenvalue weighted by molar-refractivity contribution is 5.77. The Labute approximate surface area is 131 Å². The molecule has 5 nitrogen and oxygen atoms in total. The second-order valence-corrected chi connectivity index (χ2v) is 6.02. The number of rotatable bonds is 4. The van der Waals surface area contributed by atoms with Crippen LogP contribution in [-0.4, -0.2) is 49.3 Å². The first-order chi connectivity index (χ1) is 10.7. The van der Waals surface area contributed by atoms with Crippen LogP contribution < -0.4 is 5.73 Å². The largest absolute Gasteiger partial charge is 0.375 e. The van der Waals surface area contributed by atoms with E-state index in [1.807, 2.05) is 35.2 Å². The van der Waals surface area contributed by atoms with Crippen LogP contribution in [0.25, 0.3) is 0 Å². The van der Waals surface area contributed by atoms with E-state index in [0.29, 0.717) is 26.1 Å². The van der Waals surface area contributed by atoms with E-state index in [2.05, 4.69) is 0 Å². The fraction of sp³-hybridized carbons (Fsp3) is 0.588. The van der Waals surface area contributed by atoms with Crippen LogP contribution in [0.4, 0.5) is 0 Å². The molecule has 0 radical (unpaired) electrons. The molecule has 2 fully saturated rings. The van der Waals surface area contributed by atoms with Gasteiger partial charge in [-0.1, -0.05) is 30.3 Å². The first kappa shape index (κ1) is 15.5. The van der Waals surface area contributed by atoms with Crippen molar-refractivity contribution in [2.24, 2.45) is 5.73 Å². The lowest BCUT2D eigenvalue weighted by atomic mass is 10.0. The van der Waals surface area contributed by atoms with Crippen LogP contribution in [-0.2, 0) is 14.3 Å². The molecule has 1 aromatic rings. The van der Waals surface area contributed by atoms with Crippen molar-refractivity contribution in [1.82, 2.24) is 4.90 Å². The third-order valence-electron chi connectivity index (χ3n) is 4.45. The minimum absolute atomic E-state index is 0.00755. The lowest BCUT2D eigenvalue weighted by molar-refractivity contribution is -0.145. The molecule has 1 aromatic carbocycles. The van der Waals surface area contributed by atoms with E-state index in [9.17, 15) is 4.79 Å². The van der Waals surface area contributed by atoms with Crippen molar-refractivity contribution < 1.29 is 14.3 Å². The second-order valence-electron chi connectivity index (χ2n) is 6.02. The predicted molar refractivity (Wildman–Crippen MR) is 83.3 cm³/mol. The average molecular weight is 304 g/mol. The van der Waals surface area contributed by atoms with Crippen molar-refractivity contribution in [3.63, 3.8) is 0 Å². The van der Waals surface area contributed by atoms with Gasteiger partial charge in [0.15, 0.2) is 0 Å². The van der Waals surface area contributed by atoms with E-state index < -0.39 is 0 Å². The van der Waals surface area contributed by atoms with Gasteiger partial charge in [0.2, 0.25) is 5.91 Å². The van der Waals surface area contributed by atoms with Crippen LogP contribution in [0.2, 0.25) is 0 Å². The number of carbonyl (C=O) groups is 1. The van der Waals surface area contributed by atoms with Crippen molar-refractivity contribution in [2.45, 2.75) is 37.5 Å². The van der Waals surface area contributed by atoms with Gasteiger partial charge in [0, 0.05) is 32.2 Å². The molecule has 0 saturated carbocycles. The highest BCUT2D eigenvalue weighted by atomic mass is 16.5. The molecule has 1 amide bonds. The quantitative estimate of drug-likeness (QED) is 0.915. The van der Waals surface area contributed by atoms with Crippen molar-refractivity contribution >= 4 is 5.91 Å². The Morgan fingerprint density at radius 1 is 1.23 bits per heavy atom. The number of nitrogens with two attached hydrogens (primary N) is 1. The zero-order chi connectivity index (χ0) is 15.4. The van der Waals surface area contributed by atoms with Crippen LogP contribution in [0.15, 0.2) is 30.3 Å². The summed E-state index contributed by atoms with van der Waals surface area (Å²) >= 11 is 0. The van der Waals surface area contributed by atoms with Gasteiger partial charge in [-0.05, 0) is 18.4 Å². The van der Waals surface area contributed by atoms with E-state index in [0.717, 1.165) is 25.0 Å². The Balaban J connectivity index is 1.55. The highest BCUT2D eigenvalue weighted by Crippen LogP contribution is 2.22. The molecule has 5 heteroatoms. The number of amides is 1. The summed E-state index contributed by atoms with van der Waals surface area (Å²) in [5.74, 6) is 0.0997. The van der Waals surface area contributed by atoms with Gasteiger partial charge in [-0.3, -0.25) is 4.79 Å². The van der Waals surface area contributed by atoms with Crippen molar-refractivity contribution in [2.75, 3.05) is 26.3 Å². The van der Waals surface area contributed by atoms with Gasteiger partial charge in [-0.25, -0.2) is 0 Å². The Hall–Kier alpha value is -1.43. The number of ether oxygens (including phenoxy) is 2. The molecule has 120 valence electrons. The molecule has 2 saturated heterocycles. The van der Waals surface area contributed by atoms with Crippen LogP contribution in [0.3, 0.4) is 0 Å². The zero-order valence-electron chi connectivity index (χ0n) is 12.8. The number of morpholine rings is 1. The summed E-state index contributed by atoms with van der Waals surface area (Å²) < 4.78 is 11.5. The average Bonchev–Trinajstić information content (AvgIpc) is 3.10. The Kier molecular flexibility index (Phi) is 5.08. The van der Waals surface area contributed by atoms with Crippen LogP contribution in [0.5, 0.6) is 0 Å². The molecule has 2 aliphatic rings. The lowest BCUT2D eigenvalue weighted by Crippen LogP contribution is -2.50. The molecule has 0 bridgehead atoms. The Morgan fingerprint density at radius 3 is 2.73 bits per heavy atom. The molecule has 2 aliphatic heterocycles. The van der Waals surface area contributed by atoms with Crippen LogP contribution in [0, 0.1) is 0 Å². The number of hydrogen-bond acceptors (Lipinski definition) is 4. The molecule has 0 aliphatic carbocycles. The molecule has 3 unspecified atom stereocenters. The van der Waals surface area contributed by atoms with Gasteiger partial charge in [0.1, 0.15) is 6.10 Å². The van der Waals surface area contributed by atoms with Gasteiger partial charge in [0.05, 0.1) is 12.7 Å². The van der Waals surface area contributed by atoms with Crippen molar-refractivity contribution in [3.05, 3.63) is 35.9 Å². The summed E-state index contributed by atoms with van der Waals surface area (Å²) in [6.45, 7) is 2.64. The summed E-state index contributed by atoms with van der Waals surface area (Å²) in [5.41, 5.74) is 7.16. The van der Waals surface area contributed by atoms with Gasteiger partial charge in [0.25, 0.3) is 0 Å². The SMILES string of the molecule is NC(CC(=O)N1CCOC(C2CCCO2)C1)c1ccccc1. The smallest absolute Gasteiger partial charge is 0.224 e. The first-order valence-electron chi connectivity index (χ1n) is 8.05. The summed E-state index contributed by atoms with van der Waals surface area (Å²) in [6.07, 6.45) is 2.59. The summed E-state index contributed by atoms with van der Waals surface area (Å²) in [6, 6.07) is 9.52. The Bertz CT molecular complexity index is 488. The van der Waals surface area contributed by atoms with Gasteiger partial charge in [-0.2, -0.15) is 0 Å². The second kappa shape index (κ2) is 7.22. The summed E-state index contributed by atoms with van der Waals surface area (Å²) in [7, 11) is 0. The molecule has 2 N–H and O–H groups in total. The first-order valence-corrected chi connectivity index (χ1v) is 8.05. The fourth-order valence-corrected chi connectivity index (χ4v) is 3.16. The topological polar surface area (TPSA) is 64.8 Å². The van der Waals surface area contributed by atoms with Gasteiger partial charge in [-0.15, -0.1) is 0 Å². The summed E-state index contributed by atoms with van der Waals surface area (Å²) in [4.78, 5) is 14.4. The van der Waals surface area contributed by atoms with Crippen molar-refractivity contribution in [3.8, 4) is 0 Å². The number of hydrogen-bond donors (Lipinski definition) is 1. The van der Waals surface area contributed by atoms with E-state index >= 15 is 0 Å². The minimum atomic E-state index is -0.252. The standard InChI is InChI=1S/C17H24N2O3/c18-14(13-5-2-1-3-6-13)11-17(20)19-8-10-22-16(12-19)15-7-4-9-21-15/h1-3,5-6,14-16H,4,7-12,18H2. The van der Waals surface area contributed by atoms with E-state index in [1.54, 1.807) is 0 Å². The lowest BCUT2D eigenvalue weighted by Gasteiger charge is -2.35. The third kappa shape index (κ3) is 3.66. The maximum absolute atomic E-state index is 12.5. The molecule has 22 heavy (non-hydrogen) atoms. The Morgan fingerprint density at radius 2 is 2.00 bits per heavy atom. The molecular weight excluding hydrogens is 280 g/mol. The van der Waals surface area contributed by atoms with Crippen molar-refractivity contribution in [1.29, 1.82) is 0 Å². The van der Waals surface area contributed by atoms with Gasteiger partial charge >= 0.3 is 0 Å². The molecule has 2 heterocycles. The normalized spacial score (nSPS) is 26.9. The van der Waals surface area contributed by atoms with Crippen LogP contribution >= 0.6 is 0 Å². The van der Waals surface area contributed by atoms with Crippen LogP contribution in [0.1, 0.15) is 30.9 Å².